The van der Waals surface area contributed by atoms with Gasteiger partial charge in [-0.1, -0.05) is 65.7 Å². The summed E-state index contributed by atoms with van der Waals surface area (Å²) in [7, 11) is -4.80. The summed E-state index contributed by atoms with van der Waals surface area (Å²) in [6.45, 7) is -0.102. The molecule has 182 valence electrons. The molecule has 0 saturated carbocycles. The van der Waals surface area contributed by atoms with E-state index in [1.165, 1.54) is 10.6 Å². The fraction of sp³-hybridized carbons (Fsp3) is 0.0417. The number of halogens is 2. The molecule has 2 N–H and O–H groups in total. The van der Waals surface area contributed by atoms with Gasteiger partial charge in [-0.15, -0.1) is 5.10 Å². The molecule has 0 aliphatic rings. The number of para-hydroxylation sites is 1. The van der Waals surface area contributed by atoms with Crippen LogP contribution >= 0.6 is 31.0 Å². The van der Waals surface area contributed by atoms with Crippen molar-refractivity contribution in [1.29, 1.82) is 0 Å². The second-order valence-corrected chi connectivity index (χ2v) is 9.85. The van der Waals surface area contributed by atoms with Gasteiger partial charge in [0, 0.05) is 26.7 Å². The van der Waals surface area contributed by atoms with Crippen LogP contribution in [-0.4, -0.2) is 29.2 Å². The molecule has 36 heavy (non-hydrogen) atoms. The number of nitrogens with zero attached hydrogens (tertiary/aromatic N) is 4. The van der Waals surface area contributed by atoms with Crippen LogP contribution in [0.15, 0.2) is 83.8 Å². The van der Waals surface area contributed by atoms with Gasteiger partial charge < -0.3 is 4.52 Å². The minimum Gasteiger partial charge on any atom is -0.404 e. The summed E-state index contributed by atoms with van der Waals surface area (Å²) in [5, 5.41) is 10.0. The van der Waals surface area contributed by atoms with Gasteiger partial charge in [0.05, 0.1) is 12.7 Å². The molecule has 0 radical (unpaired) electrons. The Labute approximate surface area is 214 Å². The zero-order valence-corrected chi connectivity index (χ0v) is 20.7. The van der Waals surface area contributed by atoms with Crippen molar-refractivity contribution in [3.05, 3.63) is 105 Å². The first-order valence-corrected chi connectivity index (χ1v) is 12.8. The third-order valence-electron chi connectivity index (χ3n) is 5.41. The molecule has 9 nitrogen and oxygen atoms in total. The van der Waals surface area contributed by atoms with Crippen molar-refractivity contribution in [3.63, 3.8) is 0 Å². The zero-order valence-electron chi connectivity index (χ0n) is 18.3. The number of aromatic nitrogens is 4. The Kier molecular flexibility index (Phi) is 6.42. The third kappa shape index (κ3) is 4.93. The predicted octanol–water partition coefficient (Wildman–Crippen LogP) is 5.05. The van der Waals surface area contributed by atoms with E-state index in [2.05, 4.69) is 10.2 Å². The molecule has 0 spiro atoms. The number of hydrogen-bond donors (Lipinski definition) is 2. The lowest BCUT2D eigenvalue weighted by Gasteiger charge is -2.11. The molecule has 0 unspecified atom stereocenters. The van der Waals surface area contributed by atoms with Gasteiger partial charge in [-0.3, -0.25) is 9.79 Å². The van der Waals surface area contributed by atoms with Crippen LogP contribution < -0.4 is 10.2 Å². The van der Waals surface area contributed by atoms with E-state index in [1.54, 1.807) is 48.7 Å². The van der Waals surface area contributed by atoms with Crippen molar-refractivity contribution in [2.24, 2.45) is 0 Å². The molecule has 2 heterocycles. The van der Waals surface area contributed by atoms with Crippen LogP contribution in [0.25, 0.3) is 27.9 Å². The predicted molar refractivity (Wildman–Crippen MR) is 136 cm³/mol. The lowest BCUT2D eigenvalue weighted by atomic mass is 9.97. The first kappa shape index (κ1) is 24.2. The van der Waals surface area contributed by atoms with Crippen molar-refractivity contribution in [1.82, 2.24) is 19.4 Å². The minimum atomic E-state index is -4.80. The molecule has 5 aromatic rings. The molecule has 0 fully saturated rings. The van der Waals surface area contributed by atoms with Gasteiger partial charge >= 0.3 is 13.5 Å². The van der Waals surface area contributed by atoms with Crippen molar-refractivity contribution < 1.29 is 18.9 Å². The van der Waals surface area contributed by atoms with E-state index in [0.717, 1.165) is 21.4 Å². The molecular formula is C24H17Cl2N4O5P. The van der Waals surface area contributed by atoms with Crippen molar-refractivity contribution in [2.75, 3.05) is 0 Å². The normalized spacial score (nSPS) is 11.7. The summed E-state index contributed by atoms with van der Waals surface area (Å²) in [6.07, 6.45) is 1.58. The van der Waals surface area contributed by atoms with E-state index in [4.69, 9.17) is 27.7 Å². The van der Waals surface area contributed by atoms with Crippen LogP contribution in [0.5, 0.6) is 5.75 Å². The number of benzene rings is 3. The smallest absolute Gasteiger partial charge is 0.404 e. The fourth-order valence-corrected chi connectivity index (χ4v) is 4.51. The molecule has 0 atom stereocenters. The van der Waals surface area contributed by atoms with E-state index >= 15 is 0 Å². The number of phosphoric acid groups is 1. The first-order valence-electron chi connectivity index (χ1n) is 10.5. The lowest BCUT2D eigenvalue weighted by Crippen LogP contribution is -2.23. The van der Waals surface area contributed by atoms with Gasteiger partial charge in [0.2, 0.25) is 0 Å². The average Bonchev–Trinajstić information content (AvgIpc) is 3.15. The van der Waals surface area contributed by atoms with Gasteiger partial charge in [-0.05, 0) is 41.5 Å². The molecule has 5 rings (SSSR count). The summed E-state index contributed by atoms with van der Waals surface area (Å²) in [4.78, 5) is 31.7. The van der Waals surface area contributed by atoms with Crippen LogP contribution in [0.3, 0.4) is 0 Å². The first-order chi connectivity index (χ1) is 17.2. The average molecular weight is 543 g/mol. The minimum absolute atomic E-state index is 0.0532. The number of rotatable bonds is 6. The monoisotopic (exact) mass is 542 g/mol. The maximum Gasteiger partial charge on any atom is 0.524 e. The van der Waals surface area contributed by atoms with Crippen molar-refractivity contribution >= 4 is 36.7 Å². The largest absolute Gasteiger partial charge is 0.524 e. The number of hydrogen-bond acceptors (Lipinski definition) is 5. The molecule has 0 amide bonds. The molecule has 3 aromatic carbocycles. The molecular weight excluding hydrogens is 526 g/mol. The van der Waals surface area contributed by atoms with Gasteiger partial charge in [-0.2, -0.15) is 9.61 Å². The topological polar surface area (TPSA) is 119 Å². The van der Waals surface area contributed by atoms with Crippen molar-refractivity contribution in [3.8, 4) is 28.0 Å². The zero-order chi connectivity index (χ0) is 25.4. The highest BCUT2D eigenvalue weighted by Gasteiger charge is 2.21. The van der Waals surface area contributed by atoms with E-state index in [9.17, 15) is 19.1 Å². The molecule has 0 saturated heterocycles. The highest BCUT2D eigenvalue weighted by molar-refractivity contribution is 7.46. The molecule has 12 heteroatoms. The Balaban J connectivity index is 1.69. The Morgan fingerprint density at radius 1 is 0.889 bits per heavy atom. The Hall–Kier alpha value is -3.46. The summed E-state index contributed by atoms with van der Waals surface area (Å²) >= 11 is 12.2. The van der Waals surface area contributed by atoms with Crippen LogP contribution in [0.1, 0.15) is 5.56 Å². The maximum absolute atomic E-state index is 13.2. The summed E-state index contributed by atoms with van der Waals surface area (Å²) < 4.78 is 18.5. The number of fused-ring (bicyclic) bond motifs is 1. The van der Waals surface area contributed by atoms with Gasteiger partial charge in [0.1, 0.15) is 5.75 Å². The molecule has 0 aliphatic carbocycles. The van der Waals surface area contributed by atoms with Crippen LogP contribution in [0.2, 0.25) is 10.0 Å². The van der Waals surface area contributed by atoms with Gasteiger partial charge in [0.25, 0.3) is 0 Å². The molecule has 2 aromatic heterocycles. The van der Waals surface area contributed by atoms with Gasteiger partial charge in [-0.25, -0.2) is 14.0 Å². The van der Waals surface area contributed by atoms with Crippen molar-refractivity contribution in [2.45, 2.75) is 6.54 Å². The fourth-order valence-electron chi connectivity index (χ4n) is 3.83. The van der Waals surface area contributed by atoms with E-state index in [0.29, 0.717) is 26.8 Å². The Bertz CT molecular complexity index is 1680. The second kappa shape index (κ2) is 9.54. The Morgan fingerprint density at radius 2 is 1.50 bits per heavy atom. The quantitative estimate of drug-likeness (QED) is 0.288. The van der Waals surface area contributed by atoms with E-state index in [1.807, 2.05) is 24.3 Å². The summed E-state index contributed by atoms with van der Waals surface area (Å²) in [6, 6.07) is 20.6. The SMILES string of the molecule is O=c1n(Cc2ccccc2OP(=O)(O)O)nc2c(-c3ccc(Cl)cc3)c(-c3ccc(Cl)cc3)cnn12. The number of phosphoric ester groups is 1. The standard InChI is InChI=1S/C24H17Cl2N4O5P/c25-18-9-5-15(6-10-18)20-13-27-30-23(22(20)16-7-11-19(26)12-8-16)28-29(24(30)31)14-17-3-1-2-4-21(17)35-36(32,33)34/h1-13H,14H2,(H2,32,33,34). The summed E-state index contributed by atoms with van der Waals surface area (Å²) in [5.74, 6) is -0.0532. The van der Waals surface area contributed by atoms with Gasteiger partial charge in [0.15, 0.2) is 5.65 Å². The molecule has 0 bridgehead atoms. The van der Waals surface area contributed by atoms with Crippen LogP contribution in [0.4, 0.5) is 0 Å². The third-order valence-corrected chi connectivity index (χ3v) is 6.35. The summed E-state index contributed by atoms with van der Waals surface area (Å²) in [5.41, 5.74) is 3.08. The maximum atomic E-state index is 13.2. The Morgan fingerprint density at radius 3 is 2.14 bits per heavy atom. The van der Waals surface area contributed by atoms with Crippen LogP contribution in [0, 0.1) is 0 Å². The van der Waals surface area contributed by atoms with Crippen LogP contribution in [-0.2, 0) is 11.1 Å². The van der Waals surface area contributed by atoms with E-state index < -0.39 is 13.5 Å². The molecule has 0 aliphatic heterocycles. The highest BCUT2D eigenvalue weighted by atomic mass is 35.5. The van der Waals surface area contributed by atoms with E-state index in [-0.39, 0.29) is 12.3 Å². The second-order valence-electron chi connectivity index (χ2n) is 7.81. The lowest BCUT2D eigenvalue weighted by molar-refractivity contribution is 0.282. The highest BCUT2D eigenvalue weighted by Crippen LogP contribution is 2.39.